The molecule has 218 valence electrons. The first-order valence-corrected chi connectivity index (χ1v) is 14.5. The fourth-order valence-corrected chi connectivity index (χ4v) is 6.56. The van der Waals surface area contributed by atoms with Gasteiger partial charge in [-0.05, 0) is 81.2 Å². The highest BCUT2D eigenvalue weighted by molar-refractivity contribution is 5.74. The Bertz CT molecular complexity index is 1330. The number of benzene rings is 1. The maximum absolute atomic E-state index is 11.8. The van der Waals surface area contributed by atoms with Crippen LogP contribution in [0.2, 0.25) is 0 Å². The van der Waals surface area contributed by atoms with Crippen LogP contribution in [0.1, 0.15) is 57.6 Å². The monoisotopic (exact) mass is 562 g/mol. The summed E-state index contributed by atoms with van der Waals surface area (Å²) in [6, 6.07) is 10.3. The van der Waals surface area contributed by atoms with Gasteiger partial charge in [-0.25, -0.2) is 9.48 Å². The molecule has 1 amide bonds. The molecule has 2 bridgehead atoms. The molecule has 6 rings (SSSR count). The summed E-state index contributed by atoms with van der Waals surface area (Å²) in [7, 11) is 3.62. The van der Waals surface area contributed by atoms with Crippen LogP contribution in [-0.4, -0.2) is 81.8 Å². The van der Waals surface area contributed by atoms with E-state index in [4.69, 9.17) is 14.2 Å². The number of nitrogens with zero attached hydrogens (tertiary/aromatic N) is 6. The summed E-state index contributed by atoms with van der Waals surface area (Å²) in [4.78, 5) is 15.6. The smallest absolute Gasteiger partial charge is 0.407 e. The third-order valence-corrected chi connectivity index (χ3v) is 8.71. The van der Waals surface area contributed by atoms with Gasteiger partial charge in [-0.3, -0.25) is 0 Å². The summed E-state index contributed by atoms with van der Waals surface area (Å²) in [5, 5.41) is 23.4. The summed E-state index contributed by atoms with van der Waals surface area (Å²) in [6.45, 7) is 0.876. The SMILES string of the molecule is COCOc1cc(-c2cnn(C3CCCCO3)c2)ccc1-c1ccc(N(C)[C@@H]2C[C@H]3CCC[C@@H](C2)N3C(=O)O)nn1. The number of methoxy groups -OCH3 is 1. The minimum atomic E-state index is -0.797. The normalized spacial score (nSPS) is 24.2. The summed E-state index contributed by atoms with van der Waals surface area (Å²) >= 11 is 0. The van der Waals surface area contributed by atoms with Gasteiger partial charge in [-0.2, -0.15) is 5.10 Å². The van der Waals surface area contributed by atoms with Crippen LogP contribution in [0.15, 0.2) is 42.7 Å². The van der Waals surface area contributed by atoms with Gasteiger partial charge in [0.1, 0.15) is 12.0 Å². The second-order valence-corrected chi connectivity index (χ2v) is 11.2. The minimum Gasteiger partial charge on any atom is -0.467 e. The number of aromatic nitrogens is 4. The minimum absolute atomic E-state index is 0.0165. The fraction of sp³-hybridized carbons (Fsp3) is 0.533. The molecule has 11 nitrogen and oxygen atoms in total. The quantitative estimate of drug-likeness (QED) is 0.370. The van der Waals surface area contributed by atoms with Crippen LogP contribution < -0.4 is 9.64 Å². The van der Waals surface area contributed by atoms with Crippen molar-refractivity contribution >= 4 is 11.9 Å². The van der Waals surface area contributed by atoms with Crippen LogP contribution in [0.5, 0.6) is 5.75 Å². The van der Waals surface area contributed by atoms with E-state index >= 15 is 0 Å². The first kappa shape index (κ1) is 27.5. The molecule has 41 heavy (non-hydrogen) atoms. The van der Waals surface area contributed by atoms with Crippen molar-refractivity contribution in [3.05, 3.63) is 42.7 Å². The molecule has 1 aromatic carbocycles. The Kier molecular flexibility index (Phi) is 8.06. The van der Waals surface area contributed by atoms with Crippen LogP contribution in [-0.2, 0) is 9.47 Å². The maximum Gasteiger partial charge on any atom is 0.407 e. The second-order valence-electron chi connectivity index (χ2n) is 11.2. The molecular formula is C30H38N6O5. The van der Waals surface area contributed by atoms with Crippen LogP contribution in [0.25, 0.3) is 22.4 Å². The molecule has 0 saturated carbocycles. The molecule has 0 aliphatic carbocycles. The Hall–Kier alpha value is -3.70. The van der Waals surface area contributed by atoms with E-state index in [1.54, 1.807) is 12.0 Å². The number of hydrogen-bond acceptors (Lipinski definition) is 8. The molecule has 2 aromatic heterocycles. The molecule has 0 spiro atoms. The van der Waals surface area contributed by atoms with Crippen molar-refractivity contribution in [2.24, 2.45) is 0 Å². The van der Waals surface area contributed by atoms with Crippen molar-refractivity contribution in [1.82, 2.24) is 24.9 Å². The molecule has 4 atom stereocenters. The molecule has 0 radical (unpaired) electrons. The molecular weight excluding hydrogens is 524 g/mol. The highest BCUT2D eigenvalue weighted by Crippen LogP contribution is 2.38. The van der Waals surface area contributed by atoms with Gasteiger partial charge in [-0.15, -0.1) is 10.2 Å². The van der Waals surface area contributed by atoms with Gasteiger partial charge in [0.25, 0.3) is 0 Å². The topological polar surface area (TPSA) is 115 Å². The van der Waals surface area contributed by atoms with Crippen molar-refractivity contribution in [1.29, 1.82) is 0 Å². The summed E-state index contributed by atoms with van der Waals surface area (Å²) in [5.74, 6) is 1.42. The first-order valence-electron chi connectivity index (χ1n) is 14.5. The number of fused-ring (bicyclic) bond motifs is 2. The zero-order valence-corrected chi connectivity index (χ0v) is 23.7. The highest BCUT2D eigenvalue weighted by atomic mass is 16.7. The zero-order chi connectivity index (χ0) is 28.3. The predicted octanol–water partition coefficient (Wildman–Crippen LogP) is 5.19. The molecule has 3 aromatic rings. The third kappa shape index (κ3) is 5.73. The number of carboxylic acid groups (broad SMARTS) is 1. The lowest BCUT2D eigenvalue weighted by Gasteiger charge is -2.49. The van der Waals surface area contributed by atoms with Crippen molar-refractivity contribution in [2.75, 3.05) is 32.5 Å². The third-order valence-electron chi connectivity index (χ3n) is 8.71. The summed E-state index contributed by atoms with van der Waals surface area (Å²) < 4.78 is 18.9. The number of rotatable bonds is 8. The van der Waals surface area contributed by atoms with Crippen molar-refractivity contribution < 1.29 is 24.1 Å². The van der Waals surface area contributed by atoms with Gasteiger partial charge < -0.3 is 29.1 Å². The van der Waals surface area contributed by atoms with E-state index in [-0.39, 0.29) is 31.1 Å². The van der Waals surface area contributed by atoms with Gasteiger partial charge in [0.15, 0.2) is 12.6 Å². The van der Waals surface area contributed by atoms with E-state index in [2.05, 4.69) is 20.2 Å². The van der Waals surface area contributed by atoms with E-state index < -0.39 is 6.09 Å². The lowest BCUT2D eigenvalue weighted by molar-refractivity contribution is -0.0394. The van der Waals surface area contributed by atoms with Crippen molar-refractivity contribution in [2.45, 2.75) is 75.7 Å². The molecule has 1 unspecified atom stereocenters. The summed E-state index contributed by atoms with van der Waals surface area (Å²) in [5.41, 5.74) is 3.47. The highest BCUT2D eigenvalue weighted by Gasteiger charge is 2.42. The standard InChI is InChI=1S/C30H38N6O5/c1-34(24-15-22-6-5-7-23(16-24)36(22)30(37)38)28-12-11-26(32-33-28)25-10-9-20(14-27(25)41-19-39-2)21-17-31-35(18-21)29-8-3-4-13-40-29/h9-12,14,17-18,22-24,29H,3-8,13,15-16,19H2,1-2H3,(H,37,38)/t22-,23+,24-,29?. The van der Waals surface area contributed by atoms with E-state index in [1.807, 2.05) is 54.5 Å². The number of carbonyl (C=O) groups is 1. The molecule has 5 heterocycles. The number of piperidine rings is 2. The number of hydrogen-bond donors (Lipinski definition) is 1. The van der Waals surface area contributed by atoms with E-state index in [0.29, 0.717) is 11.4 Å². The molecule has 3 saturated heterocycles. The summed E-state index contributed by atoms with van der Waals surface area (Å²) in [6.07, 6.45) is 10.8. The molecule has 3 aliphatic heterocycles. The first-order chi connectivity index (χ1) is 20.0. The Labute approximate surface area is 240 Å². The van der Waals surface area contributed by atoms with Gasteiger partial charge in [0.2, 0.25) is 0 Å². The molecule has 11 heteroatoms. The van der Waals surface area contributed by atoms with Gasteiger partial charge in [0, 0.05) is 56.2 Å². The fourth-order valence-electron chi connectivity index (χ4n) is 6.56. The average molecular weight is 563 g/mol. The Balaban J connectivity index is 1.20. The average Bonchev–Trinajstić information content (AvgIpc) is 3.50. The van der Waals surface area contributed by atoms with E-state index in [9.17, 15) is 9.90 Å². The Morgan fingerprint density at radius 2 is 1.90 bits per heavy atom. The Morgan fingerprint density at radius 3 is 2.59 bits per heavy atom. The van der Waals surface area contributed by atoms with Gasteiger partial charge >= 0.3 is 6.09 Å². The largest absolute Gasteiger partial charge is 0.467 e. The number of ether oxygens (including phenoxy) is 3. The Morgan fingerprint density at radius 1 is 1.07 bits per heavy atom. The zero-order valence-electron chi connectivity index (χ0n) is 23.7. The van der Waals surface area contributed by atoms with E-state index in [1.165, 1.54) is 0 Å². The second kappa shape index (κ2) is 12.0. The van der Waals surface area contributed by atoms with Crippen LogP contribution in [0.3, 0.4) is 0 Å². The van der Waals surface area contributed by atoms with Crippen LogP contribution in [0, 0.1) is 0 Å². The van der Waals surface area contributed by atoms with E-state index in [0.717, 1.165) is 80.5 Å². The van der Waals surface area contributed by atoms with Crippen molar-refractivity contribution in [3.63, 3.8) is 0 Å². The number of amides is 1. The van der Waals surface area contributed by atoms with Crippen molar-refractivity contribution in [3.8, 4) is 28.1 Å². The number of anilines is 1. The predicted molar refractivity (Wildman–Crippen MR) is 153 cm³/mol. The van der Waals surface area contributed by atoms with Crippen LogP contribution >= 0.6 is 0 Å². The van der Waals surface area contributed by atoms with Gasteiger partial charge in [-0.1, -0.05) is 6.07 Å². The molecule has 3 fully saturated rings. The van der Waals surface area contributed by atoms with Crippen LogP contribution in [0.4, 0.5) is 10.6 Å². The van der Waals surface area contributed by atoms with Gasteiger partial charge in [0.05, 0.1) is 11.9 Å². The lowest BCUT2D eigenvalue weighted by Crippen LogP contribution is -2.58. The maximum atomic E-state index is 11.8. The molecule has 1 N–H and O–H groups in total. The lowest BCUT2D eigenvalue weighted by atomic mass is 9.81. The molecule has 3 aliphatic rings.